The molecule has 1 heterocycles. The van der Waals surface area contributed by atoms with E-state index in [2.05, 4.69) is 4.98 Å². The highest BCUT2D eigenvalue weighted by atomic mass is 32.2. The van der Waals surface area contributed by atoms with Crippen LogP contribution in [0.4, 0.5) is 0 Å². The maximum Gasteiger partial charge on any atom is 0.266 e. The van der Waals surface area contributed by atoms with E-state index in [-0.39, 0.29) is 15.2 Å². The summed E-state index contributed by atoms with van der Waals surface area (Å²) in [5.41, 5.74) is 0.599. The Morgan fingerprint density at radius 2 is 1.83 bits per heavy atom. The van der Waals surface area contributed by atoms with Gasteiger partial charge in [-0.3, -0.25) is 9.36 Å². The Bertz CT molecular complexity index is 1150. The van der Waals surface area contributed by atoms with Gasteiger partial charge in [-0.2, -0.15) is 0 Å². The summed E-state index contributed by atoms with van der Waals surface area (Å²) in [5, 5.41) is 5.48. The Kier molecular flexibility index (Phi) is 3.99. The molecule has 0 aliphatic carbocycles. The van der Waals surface area contributed by atoms with E-state index in [0.29, 0.717) is 22.3 Å². The second-order valence-electron chi connectivity index (χ2n) is 4.99. The number of fused-ring (bicyclic) bond motifs is 1. The van der Waals surface area contributed by atoms with Crippen LogP contribution in [0.3, 0.4) is 0 Å². The highest BCUT2D eigenvalue weighted by molar-refractivity contribution is 7.89. The second-order valence-corrected chi connectivity index (χ2v) is 6.94. The highest BCUT2D eigenvalue weighted by Gasteiger charge is 2.12. The molecule has 0 aliphatic rings. The Labute approximate surface area is 142 Å². The van der Waals surface area contributed by atoms with Crippen molar-refractivity contribution < 1.29 is 13.2 Å². The van der Waals surface area contributed by atoms with E-state index >= 15 is 0 Å². The molecule has 0 saturated carbocycles. The molecule has 0 atom stereocenters. The van der Waals surface area contributed by atoms with Gasteiger partial charge in [0.15, 0.2) is 4.77 Å². The van der Waals surface area contributed by atoms with Crippen molar-refractivity contribution in [2.45, 2.75) is 4.90 Å². The molecule has 3 aromatic rings. The Morgan fingerprint density at radius 1 is 1.17 bits per heavy atom. The van der Waals surface area contributed by atoms with Crippen molar-refractivity contribution in [1.29, 1.82) is 0 Å². The summed E-state index contributed by atoms with van der Waals surface area (Å²) in [6.45, 7) is 0. The number of hydrogen-bond donors (Lipinski definition) is 2. The number of aromatic amines is 1. The smallest absolute Gasteiger partial charge is 0.266 e. The van der Waals surface area contributed by atoms with E-state index in [4.69, 9.17) is 22.1 Å². The molecular formula is C15H13N3O4S2. The Balaban J connectivity index is 2.28. The van der Waals surface area contributed by atoms with Gasteiger partial charge in [-0.15, -0.1) is 0 Å². The van der Waals surface area contributed by atoms with Crippen LogP contribution in [0.2, 0.25) is 0 Å². The molecule has 0 bridgehead atoms. The number of nitrogens with two attached hydrogens (primary N) is 1. The van der Waals surface area contributed by atoms with E-state index in [1.807, 2.05) is 0 Å². The van der Waals surface area contributed by atoms with Gasteiger partial charge in [-0.25, -0.2) is 13.6 Å². The summed E-state index contributed by atoms with van der Waals surface area (Å²) in [6, 6.07) is 10.7. The first-order valence-electron chi connectivity index (χ1n) is 6.78. The van der Waals surface area contributed by atoms with Crippen molar-refractivity contribution >= 4 is 33.1 Å². The number of nitrogens with zero attached hydrogens (tertiary/aromatic N) is 1. The van der Waals surface area contributed by atoms with Gasteiger partial charge in [-0.05, 0) is 48.6 Å². The minimum atomic E-state index is -3.80. The molecule has 3 N–H and O–H groups in total. The molecule has 7 nitrogen and oxygen atoms in total. The predicted octanol–water partition coefficient (Wildman–Crippen LogP) is 1.70. The molecule has 0 unspecified atom stereocenters. The lowest BCUT2D eigenvalue weighted by Gasteiger charge is -2.10. The van der Waals surface area contributed by atoms with Crippen LogP contribution in [0.1, 0.15) is 0 Å². The summed E-state index contributed by atoms with van der Waals surface area (Å²) in [7, 11) is -2.30. The fourth-order valence-electron chi connectivity index (χ4n) is 2.40. The van der Waals surface area contributed by atoms with E-state index < -0.39 is 10.0 Å². The first-order chi connectivity index (χ1) is 11.3. The zero-order valence-electron chi connectivity index (χ0n) is 12.5. The fourth-order valence-corrected chi connectivity index (χ4v) is 3.21. The zero-order chi connectivity index (χ0) is 17.5. The van der Waals surface area contributed by atoms with Crippen LogP contribution in [0.15, 0.2) is 52.2 Å². The maximum atomic E-state index is 12.8. The molecular weight excluding hydrogens is 350 g/mol. The van der Waals surface area contributed by atoms with Crippen molar-refractivity contribution in [3.05, 3.63) is 57.6 Å². The van der Waals surface area contributed by atoms with Gasteiger partial charge >= 0.3 is 0 Å². The van der Waals surface area contributed by atoms with Crippen LogP contribution in [-0.4, -0.2) is 25.1 Å². The van der Waals surface area contributed by atoms with Gasteiger partial charge in [0.1, 0.15) is 5.75 Å². The van der Waals surface area contributed by atoms with Gasteiger partial charge in [0, 0.05) is 0 Å². The summed E-state index contributed by atoms with van der Waals surface area (Å²) in [4.78, 5) is 15.7. The number of methoxy groups -OCH3 is 1. The van der Waals surface area contributed by atoms with Gasteiger partial charge in [0.05, 0.1) is 28.6 Å². The van der Waals surface area contributed by atoms with Crippen LogP contribution in [0.5, 0.6) is 5.75 Å². The van der Waals surface area contributed by atoms with E-state index in [0.717, 1.165) is 0 Å². The summed E-state index contributed by atoms with van der Waals surface area (Å²) < 4.78 is 29.3. The number of rotatable bonds is 3. The predicted molar refractivity (Wildman–Crippen MR) is 92.7 cm³/mol. The number of H-pyrrole nitrogens is 1. The average molecular weight is 363 g/mol. The Morgan fingerprint density at radius 3 is 2.42 bits per heavy atom. The quantitative estimate of drug-likeness (QED) is 0.689. The van der Waals surface area contributed by atoms with Crippen molar-refractivity contribution in [2.24, 2.45) is 5.14 Å². The van der Waals surface area contributed by atoms with Crippen molar-refractivity contribution in [2.75, 3.05) is 7.11 Å². The number of aromatic nitrogens is 2. The van der Waals surface area contributed by atoms with Crippen molar-refractivity contribution in [3.63, 3.8) is 0 Å². The van der Waals surface area contributed by atoms with Gasteiger partial charge < -0.3 is 9.72 Å². The lowest BCUT2D eigenvalue weighted by atomic mass is 10.2. The minimum absolute atomic E-state index is 0.0448. The van der Waals surface area contributed by atoms with Crippen LogP contribution in [0, 0.1) is 4.77 Å². The molecule has 1 aromatic heterocycles. The van der Waals surface area contributed by atoms with Crippen LogP contribution in [-0.2, 0) is 10.0 Å². The van der Waals surface area contributed by atoms with Crippen LogP contribution >= 0.6 is 12.2 Å². The molecule has 9 heteroatoms. The Hall–Kier alpha value is -2.49. The third-order valence-electron chi connectivity index (χ3n) is 3.54. The number of hydrogen-bond acceptors (Lipinski definition) is 5. The lowest BCUT2D eigenvalue weighted by Crippen LogP contribution is -2.21. The number of benzene rings is 2. The average Bonchev–Trinajstić information content (AvgIpc) is 2.54. The summed E-state index contributed by atoms with van der Waals surface area (Å²) in [5.74, 6) is 0.507. The van der Waals surface area contributed by atoms with E-state index in [9.17, 15) is 13.2 Å². The number of primary sulfonamides is 1. The molecule has 3 rings (SSSR count). The first kappa shape index (κ1) is 16.4. The topological polar surface area (TPSA) is 107 Å². The third-order valence-corrected chi connectivity index (χ3v) is 4.75. The molecule has 24 heavy (non-hydrogen) atoms. The highest BCUT2D eigenvalue weighted by Crippen LogP contribution is 2.21. The molecule has 124 valence electrons. The molecule has 0 aliphatic heterocycles. The van der Waals surface area contributed by atoms with Gasteiger partial charge in [0.2, 0.25) is 10.0 Å². The molecule has 2 aromatic carbocycles. The zero-order valence-corrected chi connectivity index (χ0v) is 14.1. The SMILES string of the molecule is COc1cccc2c(=O)n(-c3ccc(S(N)(=O)=O)cc3)c(=S)[nH]c12. The number of nitrogens with one attached hydrogen (secondary N) is 1. The molecule has 0 saturated heterocycles. The minimum Gasteiger partial charge on any atom is -0.495 e. The maximum absolute atomic E-state index is 12.8. The molecule has 0 fully saturated rings. The monoisotopic (exact) mass is 363 g/mol. The van der Waals surface area contributed by atoms with Crippen molar-refractivity contribution in [3.8, 4) is 11.4 Å². The summed E-state index contributed by atoms with van der Waals surface area (Å²) >= 11 is 5.27. The molecule has 0 radical (unpaired) electrons. The van der Waals surface area contributed by atoms with Gasteiger partial charge in [-0.1, -0.05) is 6.07 Å². The number of para-hydroxylation sites is 1. The second kappa shape index (κ2) is 5.86. The van der Waals surface area contributed by atoms with E-state index in [1.165, 1.54) is 35.9 Å². The number of sulfonamides is 1. The molecule has 0 amide bonds. The molecule has 0 spiro atoms. The van der Waals surface area contributed by atoms with Crippen LogP contribution < -0.4 is 15.4 Å². The van der Waals surface area contributed by atoms with Gasteiger partial charge in [0.25, 0.3) is 5.56 Å². The first-order valence-corrected chi connectivity index (χ1v) is 8.73. The largest absolute Gasteiger partial charge is 0.495 e. The van der Waals surface area contributed by atoms with Crippen molar-refractivity contribution in [1.82, 2.24) is 9.55 Å². The van der Waals surface area contributed by atoms with E-state index in [1.54, 1.807) is 18.2 Å². The lowest BCUT2D eigenvalue weighted by molar-refractivity contribution is 0.418. The normalized spacial score (nSPS) is 11.6. The third kappa shape index (κ3) is 2.73. The summed E-state index contributed by atoms with van der Waals surface area (Å²) in [6.07, 6.45) is 0. The fraction of sp³-hybridized carbons (Fsp3) is 0.0667. The number of ether oxygens (including phenoxy) is 1. The standard InChI is InChI=1S/C15H13N3O4S2/c1-22-12-4-2-3-11-13(12)17-15(23)18(14(11)19)9-5-7-10(8-6-9)24(16,20)21/h2-8H,1H3,(H,17,23)(H2,16,20,21). The van der Waals surface area contributed by atoms with Crippen LogP contribution in [0.25, 0.3) is 16.6 Å².